The number of likely N-dealkylation sites (tertiary alicyclic amines) is 1. The topological polar surface area (TPSA) is 94.9 Å². The largest absolute Gasteiger partial charge is 0.481 e. The number of amides is 1. The zero-order valence-corrected chi connectivity index (χ0v) is 12.4. The minimum Gasteiger partial charge on any atom is -0.481 e. The van der Waals surface area contributed by atoms with Crippen molar-refractivity contribution in [3.8, 4) is 0 Å². The van der Waals surface area contributed by atoms with Crippen molar-refractivity contribution in [1.29, 1.82) is 0 Å². The number of aryl methyl sites for hydroxylation is 1. The highest BCUT2D eigenvalue weighted by molar-refractivity contribution is 5.86. The van der Waals surface area contributed by atoms with Crippen LogP contribution in [0, 0.1) is 12.8 Å². The minimum absolute atomic E-state index is 0.0446. The summed E-state index contributed by atoms with van der Waals surface area (Å²) in [7, 11) is 0. The van der Waals surface area contributed by atoms with E-state index in [-0.39, 0.29) is 31.7 Å². The maximum absolute atomic E-state index is 12.5. The summed E-state index contributed by atoms with van der Waals surface area (Å²) in [5.41, 5.74) is 1.78. The zero-order valence-electron chi connectivity index (χ0n) is 12.4. The van der Waals surface area contributed by atoms with Gasteiger partial charge in [-0.25, -0.2) is 4.79 Å². The van der Waals surface area contributed by atoms with Crippen LogP contribution in [0.3, 0.4) is 0 Å². The fourth-order valence-electron chi connectivity index (χ4n) is 2.78. The Morgan fingerprint density at radius 3 is 2.41 bits per heavy atom. The first kappa shape index (κ1) is 16.0. The van der Waals surface area contributed by atoms with E-state index in [1.807, 2.05) is 31.2 Å². The Kier molecular flexibility index (Phi) is 4.80. The Morgan fingerprint density at radius 1 is 1.14 bits per heavy atom. The average Bonchev–Trinajstić information content (AvgIpc) is 2.48. The van der Waals surface area contributed by atoms with Gasteiger partial charge in [0.1, 0.15) is 6.04 Å². The fraction of sp³-hybridized carbons (Fsp3) is 0.438. The second kappa shape index (κ2) is 6.60. The van der Waals surface area contributed by atoms with Gasteiger partial charge in [-0.2, -0.15) is 0 Å². The smallest absolute Gasteiger partial charge is 0.326 e. The molecule has 0 radical (unpaired) electrons. The number of benzene rings is 1. The summed E-state index contributed by atoms with van der Waals surface area (Å²) < 4.78 is 0. The molecule has 118 valence electrons. The summed E-state index contributed by atoms with van der Waals surface area (Å²) in [6.07, 6.45) is 0.537. The molecule has 2 rings (SSSR count). The molecule has 0 bridgehead atoms. The van der Waals surface area contributed by atoms with E-state index in [0.29, 0.717) is 0 Å². The van der Waals surface area contributed by atoms with E-state index in [2.05, 4.69) is 0 Å². The monoisotopic (exact) mass is 305 g/mol. The normalized spacial score (nSPS) is 21.4. The van der Waals surface area contributed by atoms with Crippen molar-refractivity contribution in [3.63, 3.8) is 0 Å². The third-order valence-electron chi connectivity index (χ3n) is 4.14. The molecule has 1 aliphatic heterocycles. The van der Waals surface area contributed by atoms with Crippen LogP contribution in [0.2, 0.25) is 0 Å². The lowest BCUT2D eigenvalue weighted by Gasteiger charge is -2.36. The molecule has 1 saturated heterocycles. The number of carboxylic acids is 2. The van der Waals surface area contributed by atoms with Gasteiger partial charge in [-0.1, -0.05) is 24.3 Å². The Balaban J connectivity index is 2.17. The van der Waals surface area contributed by atoms with E-state index in [0.717, 1.165) is 11.1 Å². The summed E-state index contributed by atoms with van der Waals surface area (Å²) in [5.74, 6) is -3.11. The first-order chi connectivity index (χ1) is 10.4. The van der Waals surface area contributed by atoms with Gasteiger partial charge in [0.2, 0.25) is 5.91 Å². The third-order valence-corrected chi connectivity index (χ3v) is 4.14. The summed E-state index contributed by atoms with van der Waals surface area (Å²) in [5, 5.41) is 18.4. The number of carbonyl (C=O) groups is 3. The van der Waals surface area contributed by atoms with Crippen LogP contribution in [0.1, 0.15) is 24.0 Å². The van der Waals surface area contributed by atoms with Crippen LogP contribution in [0.5, 0.6) is 0 Å². The highest BCUT2D eigenvalue weighted by Gasteiger charge is 2.38. The Morgan fingerprint density at radius 2 is 1.82 bits per heavy atom. The van der Waals surface area contributed by atoms with Crippen LogP contribution in [0.15, 0.2) is 24.3 Å². The van der Waals surface area contributed by atoms with Crippen molar-refractivity contribution in [2.24, 2.45) is 5.92 Å². The van der Waals surface area contributed by atoms with Crippen molar-refractivity contribution >= 4 is 17.8 Å². The summed E-state index contributed by atoms with van der Waals surface area (Å²) in [6.45, 7) is 1.84. The molecule has 6 heteroatoms. The van der Waals surface area contributed by atoms with Gasteiger partial charge in [0.15, 0.2) is 0 Å². The van der Waals surface area contributed by atoms with Crippen LogP contribution < -0.4 is 0 Å². The minimum atomic E-state index is -1.08. The summed E-state index contributed by atoms with van der Waals surface area (Å²) >= 11 is 0. The number of nitrogens with zero attached hydrogens (tertiary/aromatic N) is 1. The molecule has 22 heavy (non-hydrogen) atoms. The molecule has 1 aliphatic rings. The molecule has 6 nitrogen and oxygen atoms in total. The van der Waals surface area contributed by atoms with E-state index < -0.39 is 23.9 Å². The van der Waals surface area contributed by atoms with Crippen LogP contribution in [0.4, 0.5) is 0 Å². The number of aliphatic carboxylic acids is 2. The standard InChI is InChI=1S/C16H19NO5/c1-10-4-2-3-5-11(10)8-14(18)17-9-12(15(19)20)6-7-13(17)16(21)22/h2-5,12-13H,6-9H2,1H3,(H,19,20)(H,21,22)/t12-,13-/m1/s1. The number of rotatable bonds is 4. The van der Waals surface area contributed by atoms with Crippen molar-refractivity contribution in [3.05, 3.63) is 35.4 Å². The molecule has 1 amide bonds. The Labute approximate surface area is 128 Å². The van der Waals surface area contributed by atoms with Crippen molar-refractivity contribution in [2.75, 3.05) is 6.54 Å². The van der Waals surface area contributed by atoms with E-state index in [1.54, 1.807) is 0 Å². The summed E-state index contributed by atoms with van der Waals surface area (Å²) in [6, 6.07) is 6.45. The highest BCUT2D eigenvalue weighted by atomic mass is 16.4. The van der Waals surface area contributed by atoms with Gasteiger partial charge in [-0.05, 0) is 30.9 Å². The first-order valence-corrected chi connectivity index (χ1v) is 7.19. The molecule has 0 aromatic heterocycles. The van der Waals surface area contributed by atoms with E-state index >= 15 is 0 Å². The van der Waals surface area contributed by atoms with Gasteiger partial charge in [0, 0.05) is 6.54 Å². The van der Waals surface area contributed by atoms with Crippen molar-refractivity contribution in [1.82, 2.24) is 4.90 Å². The van der Waals surface area contributed by atoms with Gasteiger partial charge in [-0.15, -0.1) is 0 Å². The predicted molar refractivity (Wildman–Crippen MR) is 78.4 cm³/mol. The first-order valence-electron chi connectivity index (χ1n) is 7.19. The van der Waals surface area contributed by atoms with Gasteiger partial charge < -0.3 is 15.1 Å². The average molecular weight is 305 g/mol. The number of carboxylic acid groups (broad SMARTS) is 2. The SMILES string of the molecule is Cc1ccccc1CC(=O)N1C[C@H](C(=O)O)CC[C@@H]1C(=O)O. The Bertz CT molecular complexity index is 598. The molecule has 2 N–H and O–H groups in total. The van der Waals surface area contributed by atoms with Crippen LogP contribution in [0.25, 0.3) is 0 Å². The van der Waals surface area contributed by atoms with Gasteiger partial charge >= 0.3 is 11.9 Å². The second-order valence-corrected chi connectivity index (χ2v) is 5.62. The predicted octanol–water partition coefficient (Wildman–Crippen LogP) is 1.31. The molecule has 0 aliphatic carbocycles. The van der Waals surface area contributed by atoms with Crippen molar-refractivity contribution in [2.45, 2.75) is 32.2 Å². The number of piperidine rings is 1. The molecule has 1 fully saturated rings. The van der Waals surface area contributed by atoms with Gasteiger partial charge in [0.25, 0.3) is 0 Å². The maximum Gasteiger partial charge on any atom is 0.326 e. The molecular weight excluding hydrogens is 286 g/mol. The second-order valence-electron chi connectivity index (χ2n) is 5.62. The lowest BCUT2D eigenvalue weighted by atomic mass is 9.92. The molecule has 1 heterocycles. The number of carbonyl (C=O) groups excluding carboxylic acids is 1. The lowest BCUT2D eigenvalue weighted by Crippen LogP contribution is -2.52. The molecule has 0 spiro atoms. The molecule has 0 saturated carbocycles. The lowest BCUT2D eigenvalue weighted by molar-refractivity contribution is -0.157. The number of hydrogen-bond acceptors (Lipinski definition) is 3. The van der Waals surface area contributed by atoms with Gasteiger partial charge in [-0.3, -0.25) is 9.59 Å². The molecule has 2 atom stereocenters. The third kappa shape index (κ3) is 3.44. The van der Waals surface area contributed by atoms with Crippen LogP contribution >= 0.6 is 0 Å². The van der Waals surface area contributed by atoms with Crippen LogP contribution in [-0.2, 0) is 20.8 Å². The molecule has 1 aromatic carbocycles. The molecule has 0 unspecified atom stereocenters. The molecular formula is C16H19NO5. The van der Waals surface area contributed by atoms with Crippen LogP contribution in [-0.4, -0.2) is 45.5 Å². The highest BCUT2D eigenvalue weighted by Crippen LogP contribution is 2.24. The van der Waals surface area contributed by atoms with Gasteiger partial charge in [0.05, 0.1) is 12.3 Å². The summed E-state index contributed by atoms with van der Waals surface area (Å²) in [4.78, 5) is 36.1. The fourth-order valence-corrected chi connectivity index (χ4v) is 2.78. The molecule has 1 aromatic rings. The zero-order chi connectivity index (χ0) is 16.3. The van der Waals surface area contributed by atoms with E-state index in [1.165, 1.54) is 4.90 Å². The van der Waals surface area contributed by atoms with E-state index in [9.17, 15) is 19.5 Å². The van der Waals surface area contributed by atoms with Crippen molar-refractivity contribution < 1.29 is 24.6 Å². The number of hydrogen-bond donors (Lipinski definition) is 2. The maximum atomic E-state index is 12.5. The van der Waals surface area contributed by atoms with E-state index in [4.69, 9.17) is 5.11 Å². The Hall–Kier alpha value is -2.37. The quantitative estimate of drug-likeness (QED) is 0.874.